The van der Waals surface area contributed by atoms with E-state index in [1.807, 2.05) is 25.3 Å². The van der Waals surface area contributed by atoms with Crippen LogP contribution in [0.1, 0.15) is 31.4 Å². The Bertz CT molecular complexity index is 901. The van der Waals surface area contributed by atoms with Gasteiger partial charge in [-0.1, -0.05) is 28.9 Å². The lowest BCUT2D eigenvalue weighted by Crippen LogP contribution is -2.22. The normalized spacial score (nSPS) is 13.0. The number of aromatic hydroxyl groups is 1. The number of carbonyl (C=O) groups excluding carboxylic acids is 1. The summed E-state index contributed by atoms with van der Waals surface area (Å²) in [6, 6.07) is 12.3. The molecule has 0 aliphatic rings. The summed E-state index contributed by atoms with van der Waals surface area (Å²) < 4.78 is 6.44. The highest BCUT2D eigenvalue weighted by molar-refractivity contribution is 9.10. The highest BCUT2D eigenvalue weighted by Gasteiger charge is 2.26. The van der Waals surface area contributed by atoms with Crippen LogP contribution in [-0.2, 0) is 9.53 Å². The van der Waals surface area contributed by atoms with Crippen LogP contribution in [0, 0.1) is 5.92 Å². The van der Waals surface area contributed by atoms with Crippen molar-refractivity contribution < 1.29 is 24.5 Å². The maximum Gasteiger partial charge on any atom is 0.412 e. The summed E-state index contributed by atoms with van der Waals surface area (Å²) in [5, 5.41) is 21.8. The summed E-state index contributed by atoms with van der Waals surface area (Å²) in [4.78, 5) is 24.3. The molecule has 2 aromatic carbocycles. The lowest BCUT2D eigenvalue weighted by molar-refractivity contribution is -0.131. The first-order valence-corrected chi connectivity index (χ1v) is 11.3. The molecule has 0 fully saturated rings. The van der Waals surface area contributed by atoms with Crippen molar-refractivity contribution in [2.24, 2.45) is 5.92 Å². The molecule has 0 heterocycles. The van der Waals surface area contributed by atoms with E-state index in [1.165, 1.54) is 6.07 Å². The number of hydrogen-bond acceptors (Lipinski definition) is 5. The number of hydrogen-bond donors (Lipinski definition) is 3. The van der Waals surface area contributed by atoms with Crippen LogP contribution in [0.15, 0.2) is 64.0 Å². The van der Waals surface area contributed by atoms with Gasteiger partial charge in [-0.3, -0.25) is 5.32 Å². The van der Waals surface area contributed by atoms with Crippen LogP contribution in [0.4, 0.5) is 10.5 Å². The predicted octanol–water partition coefficient (Wildman–Crippen LogP) is 6.22. The lowest BCUT2D eigenvalue weighted by atomic mass is 9.92. The third-order valence-electron chi connectivity index (χ3n) is 4.43. The number of phenols is 1. The standard InChI is InChI=1S/C22H24BrNO5S/c1-14(5-3-4-6-20(26)27)21(18-13-15(23)7-12-19(18)25)29-22(28)24-16-8-10-17(30-2)11-9-16/h4,6-14,21,25H,3,5H2,1-2H3,(H,24,28)(H,26,27)/b6-4+/t14-,21-/m0/s1. The molecule has 160 valence electrons. The zero-order valence-electron chi connectivity index (χ0n) is 16.7. The highest BCUT2D eigenvalue weighted by Crippen LogP contribution is 2.36. The molecule has 0 bridgehead atoms. The van der Waals surface area contributed by atoms with Gasteiger partial charge < -0.3 is 14.9 Å². The van der Waals surface area contributed by atoms with Crippen LogP contribution in [0.2, 0.25) is 0 Å². The number of ether oxygens (including phenoxy) is 1. The summed E-state index contributed by atoms with van der Waals surface area (Å²) in [6.07, 6.45) is 4.33. The monoisotopic (exact) mass is 493 g/mol. The molecule has 0 saturated heterocycles. The van der Waals surface area contributed by atoms with E-state index in [9.17, 15) is 14.7 Å². The third kappa shape index (κ3) is 7.42. The maximum atomic E-state index is 12.5. The second kappa shape index (κ2) is 11.7. The van der Waals surface area contributed by atoms with Crippen LogP contribution in [0.3, 0.4) is 0 Å². The molecule has 0 unspecified atom stereocenters. The molecule has 2 rings (SSSR count). The summed E-state index contributed by atoms with van der Waals surface area (Å²) in [5.41, 5.74) is 1.08. The number of nitrogens with one attached hydrogen (secondary N) is 1. The first-order valence-electron chi connectivity index (χ1n) is 9.29. The highest BCUT2D eigenvalue weighted by atomic mass is 79.9. The molecule has 2 aromatic rings. The van der Waals surface area contributed by atoms with Gasteiger partial charge in [0.25, 0.3) is 0 Å². The Balaban J connectivity index is 2.16. The van der Waals surface area contributed by atoms with E-state index < -0.39 is 18.2 Å². The third-order valence-corrected chi connectivity index (χ3v) is 5.67. The second-order valence-electron chi connectivity index (χ2n) is 6.68. The molecule has 0 aromatic heterocycles. The quantitative estimate of drug-likeness (QED) is 0.283. The first kappa shape index (κ1) is 23.8. The van der Waals surface area contributed by atoms with Crippen LogP contribution < -0.4 is 5.32 Å². The fraction of sp³-hybridized carbons (Fsp3) is 0.273. The Morgan fingerprint density at radius 1 is 1.23 bits per heavy atom. The Morgan fingerprint density at radius 2 is 1.93 bits per heavy atom. The average molecular weight is 494 g/mol. The second-order valence-corrected chi connectivity index (χ2v) is 8.47. The maximum absolute atomic E-state index is 12.5. The number of carboxylic acids is 1. The van der Waals surface area contributed by atoms with E-state index in [1.54, 1.807) is 42.1 Å². The number of anilines is 1. The molecule has 0 spiro atoms. The van der Waals surface area contributed by atoms with Crippen molar-refractivity contribution in [2.75, 3.05) is 11.6 Å². The van der Waals surface area contributed by atoms with E-state index in [0.717, 1.165) is 15.4 Å². The van der Waals surface area contributed by atoms with Gasteiger partial charge in [0.2, 0.25) is 0 Å². The fourth-order valence-electron chi connectivity index (χ4n) is 2.87. The smallest absolute Gasteiger partial charge is 0.412 e. The molecule has 0 aliphatic heterocycles. The molecule has 8 heteroatoms. The van der Waals surface area contributed by atoms with E-state index in [2.05, 4.69) is 21.2 Å². The van der Waals surface area contributed by atoms with Crippen molar-refractivity contribution in [1.29, 1.82) is 0 Å². The van der Waals surface area contributed by atoms with Gasteiger partial charge in [0.05, 0.1) is 0 Å². The predicted molar refractivity (Wildman–Crippen MR) is 122 cm³/mol. The molecule has 0 saturated carbocycles. The minimum Gasteiger partial charge on any atom is -0.508 e. The molecule has 0 radical (unpaired) electrons. The van der Waals surface area contributed by atoms with Crippen LogP contribution >= 0.6 is 27.7 Å². The van der Waals surface area contributed by atoms with Gasteiger partial charge >= 0.3 is 12.1 Å². The molecule has 1 amide bonds. The van der Waals surface area contributed by atoms with Crippen molar-refractivity contribution in [1.82, 2.24) is 0 Å². The zero-order chi connectivity index (χ0) is 22.1. The van der Waals surface area contributed by atoms with E-state index >= 15 is 0 Å². The number of allylic oxidation sites excluding steroid dienone is 1. The average Bonchev–Trinajstić information content (AvgIpc) is 2.71. The summed E-state index contributed by atoms with van der Waals surface area (Å²) in [7, 11) is 0. The molecule has 3 N–H and O–H groups in total. The molecule has 30 heavy (non-hydrogen) atoms. The summed E-state index contributed by atoms with van der Waals surface area (Å²) in [6.45, 7) is 1.89. The molecular weight excluding hydrogens is 470 g/mol. The summed E-state index contributed by atoms with van der Waals surface area (Å²) in [5.74, 6) is -1.16. The van der Waals surface area contributed by atoms with Gasteiger partial charge in [0, 0.05) is 26.7 Å². The van der Waals surface area contributed by atoms with Crippen molar-refractivity contribution in [2.45, 2.75) is 30.8 Å². The number of aliphatic carboxylic acids is 1. The zero-order valence-corrected chi connectivity index (χ0v) is 19.1. The van der Waals surface area contributed by atoms with Gasteiger partial charge in [-0.05, 0) is 67.5 Å². The number of carboxylic acid groups (broad SMARTS) is 1. The Labute approximate surface area is 188 Å². The summed E-state index contributed by atoms with van der Waals surface area (Å²) >= 11 is 4.99. The van der Waals surface area contributed by atoms with Gasteiger partial charge in [-0.25, -0.2) is 9.59 Å². The number of halogens is 1. The SMILES string of the molecule is CSc1ccc(NC(=O)O[C@H](c2cc(Br)ccc2O)[C@@H](C)CC/C=C/C(=O)O)cc1. The van der Waals surface area contributed by atoms with Gasteiger partial charge in [-0.2, -0.15) is 0 Å². The van der Waals surface area contributed by atoms with Crippen molar-refractivity contribution in [3.8, 4) is 5.75 Å². The van der Waals surface area contributed by atoms with Crippen LogP contribution in [-0.4, -0.2) is 28.5 Å². The van der Waals surface area contributed by atoms with Crippen molar-refractivity contribution in [3.05, 3.63) is 64.7 Å². The van der Waals surface area contributed by atoms with Gasteiger partial charge in [-0.15, -0.1) is 11.8 Å². The number of phenolic OH excluding ortho intramolecular Hbond substituents is 1. The van der Waals surface area contributed by atoms with Crippen molar-refractivity contribution in [3.63, 3.8) is 0 Å². The number of thioether (sulfide) groups is 1. The minimum atomic E-state index is -1.01. The molecule has 0 aliphatic carbocycles. The number of amides is 1. The minimum absolute atomic E-state index is 0.0215. The van der Waals surface area contributed by atoms with E-state index in [-0.39, 0.29) is 11.7 Å². The molecular formula is C22H24BrNO5S. The van der Waals surface area contributed by atoms with Gasteiger partial charge in [0.1, 0.15) is 11.9 Å². The van der Waals surface area contributed by atoms with Crippen LogP contribution in [0.5, 0.6) is 5.75 Å². The van der Waals surface area contributed by atoms with E-state index in [4.69, 9.17) is 9.84 Å². The van der Waals surface area contributed by atoms with Crippen LogP contribution in [0.25, 0.3) is 0 Å². The molecule has 6 nitrogen and oxygen atoms in total. The number of benzene rings is 2. The largest absolute Gasteiger partial charge is 0.508 e. The Morgan fingerprint density at radius 3 is 2.57 bits per heavy atom. The first-order chi connectivity index (χ1) is 14.3. The Hall–Kier alpha value is -2.45. The van der Waals surface area contributed by atoms with Gasteiger partial charge in [0.15, 0.2) is 0 Å². The van der Waals surface area contributed by atoms with Crippen molar-refractivity contribution >= 4 is 45.4 Å². The fourth-order valence-corrected chi connectivity index (χ4v) is 3.66. The Kier molecular flexibility index (Phi) is 9.26. The van der Waals surface area contributed by atoms with E-state index in [0.29, 0.717) is 24.1 Å². The number of rotatable bonds is 9. The number of carbonyl (C=O) groups is 2. The lowest BCUT2D eigenvalue weighted by Gasteiger charge is -2.25. The topological polar surface area (TPSA) is 95.9 Å². The molecule has 2 atom stereocenters.